The number of hydrogen-bond acceptors (Lipinski definition) is 3. The lowest BCUT2D eigenvalue weighted by Gasteiger charge is -2.14. The van der Waals surface area contributed by atoms with Gasteiger partial charge in [0.25, 0.3) is 0 Å². The van der Waals surface area contributed by atoms with E-state index in [1.165, 1.54) is 0 Å². The molecule has 6 nitrogen and oxygen atoms in total. The quantitative estimate of drug-likeness (QED) is 0.383. The van der Waals surface area contributed by atoms with Crippen molar-refractivity contribution < 1.29 is 17.9 Å². The summed E-state index contributed by atoms with van der Waals surface area (Å²) in [6.45, 7) is 2.39. The molecular formula is C23H26F3N5O. The zero-order valence-corrected chi connectivity index (χ0v) is 17.8. The number of halogens is 3. The fraction of sp³-hybridized carbons (Fsp3) is 0.304. The molecule has 2 N–H and O–H groups in total. The second-order valence-electron chi connectivity index (χ2n) is 7.07. The molecule has 0 saturated carbocycles. The first kappa shape index (κ1) is 23.3. The summed E-state index contributed by atoms with van der Waals surface area (Å²) >= 11 is 0. The van der Waals surface area contributed by atoms with Crippen molar-refractivity contribution in [2.75, 3.05) is 13.2 Å². The van der Waals surface area contributed by atoms with Crippen molar-refractivity contribution in [2.45, 2.75) is 32.8 Å². The van der Waals surface area contributed by atoms with Crippen LogP contribution in [0.4, 0.5) is 13.2 Å². The van der Waals surface area contributed by atoms with Gasteiger partial charge in [-0.05, 0) is 29.7 Å². The molecule has 9 heteroatoms. The Kier molecular flexibility index (Phi) is 8.27. The Hall–Kier alpha value is -3.33. The number of nitrogens with one attached hydrogen (secondary N) is 2. The van der Waals surface area contributed by atoms with Gasteiger partial charge in [-0.15, -0.1) is 0 Å². The zero-order valence-electron chi connectivity index (χ0n) is 17.8. The zero-order chi connectivity index (χ0) is 22.8. The molecule has 32 heavy (non-hydrogen) atoms. The van der Waals surface area contributed by atoms with Gasteiger partial charge in [0.05, 0.1) is 25.2 Å². The van der Waals surface area contributed by atoms with Gasteiger partial charge in [0.15, 0.2) is 5.96 Å². The van der Waals surface area contributed by atoms with Crippen molar-refractivity contribution in [3.8, 4) is 5.69 Å². The van der Waals surface area contributed by atoms with E-state index in [1.807, 2.05) is 54.1 Å². The predicted molar refractivity (Wildman–Crippen MR) is 117 cm³/mol. The Morgan fingerprint density at radius 2 is 1.81 bits per heavy atom. The highest BCUT2D eigenvalue weighted by atomic mass is 19.4. The fourth-order valence-electron chi connectivity index (χ4n) is 3.03. The molecule has 0 radical (unpaired) electrons. The number of guanidine groups is 1. The number of ether oxygens (including phenoxy) is 1. The fourth-order valence-corrected chi connectivity index (χ4v) is 3.03. The first-order valence-electron chi connectivity index (χ1n) is 10.3. The lowest BCUT2D eigenvalue weighted by molar-refractivity contribution is -0.176. The Bertz CT molecular complexity index is 986. The second kappa shape index (κ2) is 11.3. The van der Waals surface area contributed by atoms with Crippen LogP contribution >= 0.6 is 0 Å². The highest BCUT2D eigenvalue weighted by Crippen LogP contribution is 2.16. The predicted octanol–water partition coefficient (Wildman–Crippen LogP) is 4.21. The molecule has 0 spiro atoms. The third kappa shape index (κ3) is 7.42. The molecule has 1 heterocycles. The van der Waals surface area contributed by atoms with Crippen LogP contribution in [0.3, 0.4) is 0 Å². The summed E-state index contributed by atoms with van der Waals surface area (Å²) in [6.07, 6.45) is 1.08. The number of alkyl halides is 3. The van der Waals surface area contributed by atoms with Gasteiger partial charge in [-0.1, -0.05) is 42.5 Å². The molecular weight excluding hydrogens is 419 g/mol. The van der Waals surface area contributed by atoms with Gasteiger partial charge in [-0.3, -0.25) is 0 Å². The number of aliphatic imine (C=N–C) groups is 1. The Balaban J connectivity index is 1.58. The van der Waals surface area contributed by atoms with Gasteiger partial charge >= 0.3 is 6.18 Å². The van der Waals surface area contributed by atoms with E-state index in [2.05, 4.69) is 25.3 Å². The summed E-state index contributed by atoms with van der Waals surface area (Å²) in [4.78, 5) is 8.72. The number of nitrogens with zero attached hydrogens (tertiary/aromatic N) is 3. The first-order chi connectivity index (χ1) is 15.4. The highest BCUT2D eigenvalue weighted by molar-refractivity contribution is 5.79. The van der Waals surface area contributed by atoms with E-state index in [9.17, 15) is 13.2 Å². The largest absolute Gasteiger partial charge is 0.411 e. The van der Waals surface area contributed by atoms with E-state index in [1.54, 1.807) is 24.7 Å². The van der Waals surface area contributed by atoms with Crippen molar-refractivity contribution in [1.29, 1.82) is 0 Å². The summed E-state index contributed by atoms with van der Waals surface area (Å²) in [5.74, 6) is 0.672. The molecule has 1 aromatic heterocycles. The summed E-state index contributed by atoms with van der Waals surface area (Å²) < 4.78 is 43.2. The highest BCUT2D eigenvalue weighted by Gasteiger charge is 2.27. The third-order valence-corrected chi connectivity index (χ3v) is 4.54. The molecule has 0 unspecified atom stereocenters. The Morgan fingerprint density at radius 1 is 1.06 bits per heavy atom. The monoisotopic (exact) mass is 445 g/mol. The molecule has 3 aromatic rings. The average Bonchev–Trinajstić information content (AvgIpc) is 3.31. The lowest BCUT2D eigenvalue weighted by Crippen LogP contribution is -2.37. The van der Waals surface area contributed by atoms with Crippen molar-refractivity contribution in [2.24, 2.45) is 4.99 Å². The summed E-state index contributed by atoms with van der Waals surface area (Å²) in [5, 5.41) is 6.57. The Morgan fingerprint density at radius 3 is 2.50 bits per heavy atom. The minimum atomic E-state index is -4.32. The van der Waals surface area contributed by atoms with E-state index >= 15 is 0 Å². The molecule has 2 aromatic carbocycles. The lowest BCUT2D eigenvalue weighted by atomic mass is 10.1. The molecule has 3 rings (SSSR count). The first-order valence-corrected chi connectivity index (χ1v) is 10.3. The molecule has 0 fully saturated rings. The molecule has 0 aliphatic carbocycles. The topological polar surface area (TPSA) is 63.5 Å². The maximum atomic E-state index is 12.2. The number of rotatable bonds is 9. The third-order valence-electron chi connectivity index (χ3n) is 4.54. The molecule has 0 amide bonds. The molecule has 0 atom stereocenters. The van der Waals surface area contributed by atoms with Crippen LogP contribution in [0.1, 0.15) is 23.6 Å². The number of benzene rings is 2. The summed E-state index contributed by atoms with van der Waals surface area (Å²) in [5.41, 5.74) is 3.76. The summed E-state index contributed by atoms with van der Waals surface area (Å²) in [7, 11) is 0. The molecule has 0 aliphatic heterocycles. The molecule has 0 bridgehead atoms. The average molecular weight is 445 g/mol. The minimum Gasteiger partial charge on any atom is -0.367 e. The van der Waals surface area contributed by atoms with Crippen LogP contribution < -0.4 is 10.6 Å². The van der Waals surface area contributed by atoms with Crippen molar-refractivity contribution >= 4 is 5.96 Å². The van der Waals surface area contributed by atoms with Crippen LogP contribution in [-0.2, 0) is 24.4 Å². The van der Waals surface area contributed by atoms with Gasteiger partial charge < -0.3 is 19.9 Å². The van der Waals surface area contributed by atoms with Gasteiger partial charge in [-0.2, -0.15) is 13.2 Å². The van der Waals surface area contributed by atoms with Gasteiger partial charge in [0.2, 0.25) is 0 Å². The standard InChI is InChI=1S/C23H26F3N5O/c1-2-28-22(30-14-20-5-3-4-6-21(20)31-12-11-27-17-31)29-13-18-7-9-19(10-8-18)15-32-16-23(24,25)26/h3-12,17H,2,13-16H2,1H3,(H2,28,29,30). The smallest absolute Gasteiger partial charge is 0.367 e. The Labute approximate surface area is 185 Å². The van der Waals surface area contributed by atoms with Crippen LogP contribution in [0.25, 0.3) is 5.69 Å². The normalized spacial score (nSPS) is 12.1. The van der Waals surface area contributed by atoms with Crippen molar-refractivity contribution in [1.82, 2.24) is 20.2 Å². The number of imidazole rings is 1. The van der Waals surface area contributed by atoms with Crippen LogP contribution in [0, 0.1) is 0 Å². The van der Waals surface area contributed by atoms with Gasteiger partial charge in [0.1, 0.15) is 6.61 Å². The van der Waals surface area contributed by atoms with Crippen LogP contribution in [-0.4, -0.2) is 34.8 Å². The second-order valence-corrected chi connectivity index (χ2v) is 7.07. The molecule has 0 saturated heterocycles. The van der Waals surface area contributed by atoms with E-state index in [-0.39, 0.29) is 6.61 Å². The van der Waals surface area contributed by atoms with Crippen LogP contribution in [0.2, 0.25) is 0 Å². The van der Waals surface area contributed by atoms with E-state index in [4.69, 9.17) is 0 Å². The van der Waals surface area contributed by atoms with E-state index in [0.717, 1.165) is 16.8 Å². The molecule has 0 aliphatic rings. The van der Waals surface area contributed by atoms with Crippen molar-refractivity contribution in [3.05, 3.63) is 83.9 Å². The number of aromatic nitrogens is 2. The van der Waals surface area contributed by atoms with Crippen molar-refractivity contribution in [3.63, 3.8) is 0 Å². The van der Waals surface area contributed by atoms with Crippen LogP contribution in [0.15, 0.2) is 72.2 Å². The SMILES string of the molecule is CCNC(=NCc1ccc(COCC(F)(F)F)cc1)NCc1ccccc1-n1ccnc1. The van der Waals surface area contributed by atoms with E-state index < -0.39 is 12.8 Å². The maximum Gasteiger partial charge on any atom is 0.411 e. The van der Waals surface area contributed by atoms with Gasteiger partial charge in [-0.25, -0.2) is 9.98 Å². The number of para-hydroxylation sites is 1. The number of hydrogen-bond donors (Lipinski definition) is 2. The summed E-state index contributed by atoms with van der Waals surface area (Å²) in [6, 6.07) is 15.2. The maximum absolute atomic E-state index is 12.2. The minimum absolute atomic E-state index is 0.0798. The van der Waals surface area contributed by atoms with Gasteiger partial charge in [0, 0.05) is 25.5 Å². The van der Waals surface area contributed by atoms with E-state index in [0.29, 0.717) is 31.2 Å². The molecule has 170 valence electrons. The van der Waals surface area contributed by atoms with Crippen LogP contribution in [0.5, 0.6) is 0 Å².